The maximum atomic E-state index is 7.62. The number of rotatable bonds is 3. The molecule has 4 heteroatoms. The third kappa shape index (κ3) is 2.87. The van der Waals surface area contributed by atoms with Crippen LogP contribution in [0.2, 0.25) is 5.15 Å². The summed E-state index contributed by atoms with van der Waals surface area (Å²) in [5.41, 5.74) is 1.16. The highest BCUT2D eigenvalue weighted by Gasteiger charge is 1.97. The quantitative estimate of drug-likeness (QED) is 0.571. The summed E-state index contributed by atoms with van der Waals surface area (Å²) in [7, 11) is 1.78. The van der Waals surface area contributed by atoms with Crippen molar-refractivity contribution >= 4 is 17.3 Å². The lowest BCUT2D eigenvalue weighted by Crippen LogP contribution is -1.98. The zero-order chi connectivity index (χ0) is 9.68. The minimum absolute atomic E-state index is 0.402. The van der Waals surface area contributed by atoms with Gasteiger partial charge in [-0.15, -0.1) is 0 Å². The van der Waals surface area contributed by atoms with Gasteiger partial charge in [-0.2, -0.15) is 0 Å². The van der Waals surface area contributed by atoms with Gasteiger partial charge in [0.1, 0.15) is 5.15 Å². The topological polar surface area (TPSA) is 48.8 Å². The highest BCUT2D eigenvalue weighted by Crippen LogP contribution is 2.07. The van der Waals surface area contributed by atoms with E-state index in [9.17, 15) is 0 Å². The molecule has 1 aromatic rings. The van der Waals surface area contributed by atoms with E-state index in [1.165, 1.54) is 0 Å². The molecule has 0 fully saturated rings. The van der Waals surface area contributed by atoms with Gasteiger partial charge < -0.3 is 10.7 Å². The minimum Gasteiger partial charge on any atom is -0.394 e. The molecule has 0 radical (unpaired) electrons. The molecule has 0 atom stereocenters. The molecular weight excluding hydrogens is 186 g/mol. The van der Waals surface area contributed by atoms with Crippen molar-refractivity contribution in [1.29, 1.82) is 5.41 Å². The number of allylic oxidation sites excluding steroid dienone is 1. The molecule has 0 spiro atoms. The lowest BCUT2D eigenvalue weighted by atomic mass is 10.1. The molecule has 0 saturated carbocycles. The lowest BCUT2D eigenvalue weighted by molar-refractivity contribution is 1.10. The van der Waals surface area contributed by atoms with Crippen LogP contribution in [0.25, 0.3) is 0 Å². The first-order valence-electron chi connectivity index (χ1n) is 3.78. The number of halogens is 1. The summed E-state index contributed by atoms with van der Waals surface area (Å²) < 4.78 is 0. The standard InChI is InChI=1S/C9H10ClN3/c1-12-4-3-8(11)7-2-5-13-9(10)6-7/h2-6,11-12H,1H3/b4-3-,11-8?. The molecule has 0 aromatic carbocycles. The zero-order valence-electron chi connectivity index (χ0n) is 7.21. The molecule has 68 valence electrons. The van der Waals surface area contributed by atoms with Gasteiger partial charge in [0, 0.05) is 18.8 Å². The first-order chi connectivity index (χ1) is 6.24. The highest BCUT2D eigenvalue weighted by atomic mass is 35.5. The molecule has 0 unspecified atom stereocenters. The summed E-state index contributed by atoms with van der Waals surface area (Å²) in [5.74, 6) is 0. The summed E-state index contributed by atoms with van der Waals surface area (Å²) >= 11 is 5.68. The predicted molar refractivity (Wildman–Crippen MR) is 54.3 cm³/mol. The largest absolute Gasteiger partial charge is 0.394 e. The van der Waals surface area contributed by atoms with Crippen molar-refractivity contribution in [2.45, 2.75) is 0 Å². The van der Waals surface area contributed by atoms with Crippen LogP contribution in [0, 0.1) is 5.41 Å². The maximum Gasteiger partial charge on any atom is 0.129 e. The van der Waals surface area contributed by atoms with Gasteiger partial charge >= 0.3 is 0 Å². The monoisotopic (exact) mass is 195 g/mol. The fraction of sp³-hybridized carbons (Fsp3) is 0.111. The van der Waals surface area contributed by atoms with Crippen LogP contribution in [-0.4, -0.2) is 17.7 Å². The molecule has 1 aromatic heterocycles. The number of hydrogen-bond donors (Lipinski definition) is 2. The van der Waals surface area contributed by atoms with Gasteiger partial charge in [0.15, 0.2) is 0 Å². The molecule has 13 heavy (non-hydrogen) atoms. The lowest BCUT2D eigenvalue weighted by Gasteiger charge is -1.98. The van der Waals surface area contributed by atoms with Crippen molar-refractivity contribution < 1.29 is 0 Å². The van der Waals surface area contributed by atoms with E-state index in [4.69, 9.17) is 17.0 Å². The summed E-state index contributed by atoms with van der Waals surface area (Å²) in [6.45, 7) is 0. The maximum absolute atomic E-state index is 7.62. The number of aromatic nitrogens is 1. The molecule has 2 N–H and O–H groups in total. The molecule has 0 bridgehead atoms. The van der Waals surface area contributed by atoms with Crippen LogP contribution in [0.4, 0.5) is 0 Å². The Balaban J connectivity index is 2.83. The third-order valence-corrected chi connectivity index (χ3v) is 1.66. The van der Waals surface area contributed by atoms with Crippen molar-refractivity contribution in [1.82, 2.24) is 10.3 Å². The van der Waals surface area contributed by atoms with Gasteiger partial charge in [0.25, 0.3) is 0 Å². The summed E-state index contributed by atoms with van der Waals surface area (Å²) in [4.78, 5) is 3.83. The number of nitrogens with one attached hydrogen (secondary N) is 2. The van der Waals surface area contributed by atoms with Crippen LogP contribution in [0.15, 0.2) is 30.6 Å². The second-order valence-electron chi connectivity index (χ2n) is 2.40. The van der Waals surface area contributed by atoms with Gasteiger partial charge in [-0.1, -0.05) is 11.6 Å². The van der Waals surface area contributed by atoms with E-state index < -0.39 is 0 Å². The molecule has 0 saturated heterocycles. The Morgan fingerprint density at radius 3 is 3.08 bits per heavy atom. The fourth-order valence-corrected chi connectivity index (χ4v) is 1.01. The van der Waals surface area contributed by atoms with E-state index in [2.05, 4.69) is 10.3 Å². The Bertz CT molecular complexity index is 333. The normalized spacial score (nSPS) is 10.3. The highest BCUT2D eigenvalue weighted by molar-refractivity contribution is 6.29. The van der Waals surface area contributed by atoms with Gasteiger partial charge in [-0.05, 0) is 24.4 Å². The van der Waals surface area contributed by atoms with Crippen LogP contribution in [0.3, 0.4) is 0 Å². The van der Waals surface area contributed by atoms with Crippen LogP contribution in [0.1, 0.15) is 5.56 Å². The van der Waals surface area contributed by atoms with E-state index in [1.54, 1.807) is 37.7 Å². The first kappa shape index (κ1) is 9.74. The number of pyridine rings is 1. The number of hydrogen-bond acceptors (Lipinski definition) is 3. The van der Waals surface area contributed by atoms with E-state index in [0.717, 1.165) is 5.56 Å². The summed E-state index contributed by atoms with van der Waals surface area (Å²) in [6.07, 6.45) is 4.93. The molecular formula is C9H10ClN3. The Labute approximate surface area is 82.0 Å². The Morgan fingerprint density at radius 2 is 2.46 bits per heavy atom. The molecule has 1 heterocycles. The fourth-order valence-electron chi connectivity index (χ4n) is 0.833. The van der Waals surface area contributed by atoms with E-state index in [0.29, 0.717) is 10.9 Å². The van der Waals surface area contributed by atoms with Crippen LogP contribution in [0.5, 0.6) is 0 Å². The average Bonchev–Trinajstić information content (AvgIpc) is 2.14. The van der Waals surface area contributed by atoms with Crippen LogP contribution >= 0.6 is 11.6 Å². The zero-order valence-corrected chi connectivity index (χ0v) is 7.97. The van der Waals surface area contributed by atoms with Crippen molar-refractivity contribution in [3.63, 3.8) is 0 Å². The van der Waals surface area contributed by atoms with Crippen LogP contribution < -0.4 is 5.32 Å². The Kier molecular flexibility index (Phi) is 3.46. The number of nitrogens with zero attached hydrogens (tertiary/aromatic N) is 1. The smallest absolute Gasteiger partial charge is 0.129 e. The van der Waals surface area contributed by atoms with E-state index in [-0.39, 0.29) is 0 Å². The van der Waals surface area contributed by atoms with Crippen molar-refractivity contribution in [3.05, 3.63) is 41.3 Å². The Morgan fingerprint density at radius 1 is 1.69 bits per heavy atom. The van der Waals surface area contributed by atoms with Gasteiger partial charge in [0.05, 0.1) is 5.71 Å². The molecule has 0 aliphatic rings. The van der Waals surface area contributed by atoms with Crippen molar-refractivity contribution in [3.8, 4) is 0 Å². The van der Waals surface area contributed by atoms with E-state index in [1.807, 2.05) is 0 Å². The summed E-state index contributed by atoms with van der Waals surface area (Å²) in [5, 5.41) is 10.8. The molecule has 1 rings (SSSR count). The minimum atomic E-state index is 0.402. The predicted octanol–water partition coefficient (Wildman–Crippen LogP) is 1.84. The second kappa shape index (κ2) is 4.62. The van der Waals surface area contributed by atoms with Crippen LogP contribution in [-0.2, 0) is 0 Å². The van der Waals surface area contributed by atoms with Crippen molar-refractivity contribution in [2.24, 2.45) is 0 Å². The second-order valence-corrected chi connectivity index (χ2v) is 2.79. The summed E-state index contributed by atoms with van der Waals surface area (Å²) in [6, 6.07) is 3.40. The first-order valence-corrected chi connectivity index (χ1v) is 4.16. The van der Waals surface area contributed by atoms with E-state index >= 15 is 0 Å². The molecule has 3 nitrogen and oxygen atoms in total. The SMILES string of the molecule is CN/C=C\C(=N)c1ccnc(Cl)c1. The van der Waals surface area contributed by atoms with Gasteiger partial charge in [-0.25, -0.2) is 4.98 Å². The Hall–Kier alpha value is -1.35. The molecule has 0 aliphatic carbocycles. The molecule has 0 amide bonds. The van der Waals surface area contributed by atoms with Gasteiger partial charge in [-0.3, -0.25) is 0 Å². The average molecular weight is 196 g/mol. The van der Waals surface area contributed by atoms with Gasteiger partial charge in [0.2, 0.25) is 0 Å². The van der Waals surface area contributed by atoms with Crippen molar-refractivity contribution in [2.75, 3.05) is 7.05 Å². The third-order valence-electron chi connectivity index (χ3n) is 1.45. The molecule has 0 aliphatic heterocycles.